The van der Waals surface area contributed by atoms with Gasteiger partial charge in [-0.1, -0.05) is 0 Å². The second kappa shape index (κ2) is 7.97. The second-order valence-corrected chi connectivity index (χ2v) is 5.89. The molecular weight excluding hydrogens is 298 g/mol. The molecule has 0 aromatic heterocycles. The molecule has 1 aliphatic heterocycles. The van der Waals surface area contributed by atoms with Crippen LogP contribution in [0.2, 0.25) is 0 Å². The lowest BCUT2D eigenvalue weighted by atomic mass is 10.00. The van der Waals surface area contributed by atoms with Crippen molar-refractivity contribution < 1.29 is 24.2 Å². The maximum Gasteiger partial charge on any atom is 0.341 e. The van der Waals surface area contributed by atoms with E-state index in [4.69, 9.17) is 14.6 Å². The van der Waals surface area contributed by atoms with Crippen LogP contribution in [0.5, 0.6) is 5.75 Å². The van der Waals surface area contributed by atoms with Crippen molar-refractivity contribution in [1.82, 2.24) is 5.32 Å². The number of benzene rings is 1. The molecule has 126 valence electrons. The maximum atomic E-state index is 12.3. The SMILES string of the molecule is Cc1cc(C(=O)NCC2CCOCC2)cc(C)c1OCC(=O)O. The number of rotatable bonds is 6. The van der Waals surface area contributed by atoms with Gasteiger partial charge in [-0.3, -0.25) is 4.79 Å². The molecule has 1 aromatic rings. The minimum Gasteiger partial charge on any atom is -0.481 e. The van der Waals surface area contributed by atoms with Crippen LogP contribution < -0.4 is 10.1 Å². The Bertz CT molecular complexity index is 555. The predicted octanol–water partition coefficient (Wildman–Crippen LogP) is 1.92. The number of carbonyl (C=O) groups excluding carboxylic acids is 1. The fraction of sp³-hybridized carbons (Fsp3) is 0.529. The molecule has 1 fully saturated rings. The summed E-state index contributed by atoms with van der Waals surface area (Å²) < 4.78 is 10.6. The Hall–Kier alpha value is -2.08. The van der Waals surface area contributed by atoms with E-state index >= 15 is 0 Å². The van der Waals surface area contributed by atoms with Crippen molar-refractivity contribution in [1.29, 1.82) is 0 Å². The van der Waals surface area contributed by atoms with E-state index < -0.39 is 12.6 Å². The van der Waals surface area contributed by atoms with Crippen molar-refractivity contribution in [3.63, 3.8) is 0 Å². The van der Waals surface area contributed by atoms with Gasteiger partial charge in [0.15, 0.2) is 6.61 Å². The van der Waals surface area contributed by atoms with Crippen molar-refractivity contribution in [3.8, 4) is 5.75 Å². The summed E-state index contributed by atoms with van der Waals surface area (Å²) in [6.07, 6.45) is 1.95. The number of aliphatic carboxylic acids is 1. The third kappa shape index (κ3) is 4.96. The Kier molecular flexibility index (Phi) is 5.98. The van der Waals surface area contributed by atoms with E-state index in [-0.39, 0.29) is 5.91 Å². The van der Waals surface area contributed by atoms with E-state index in [1.54, 1.807) is 26.0 Å². The molecule has 0 saturated carbocycles. The Morgan fingerprint density at radius 3 is 2.43 bits per heavy atom. The minimum absolute atomic E-state index is 0.118. The van der Waals surface area contributed by atoms with Gasteiger partial charge in [0.05, 0.1) is 0 Å². The smallest absolute Gasteiger partial charge is 0.341 e. The van der Waals surface area contributed by atoms with E-state index in [1.807, 2.05) is 0 Å². The van der Waals surface area contributed by atoms with Gasteiger partial charge in [-0.15, -0.1) is 0 Å². The first-order valence-corrected chi connectivity index (χ1v) is 7.79. The van der Waals surface area contributed by atoms with Gasteiger partial charge in [0, 0.05) is 25.3 Å². The van der Waals surface area contributed by atoms with Crippen LogP contribution in [0, 0.1) is 19.8 Å². The molecule has 0 atom stereocenters. The van der Waals surface area contributed by atoms with Crippen LogP contribution in [0.1, 0.15) is 34.3 Å². The summed E-state index contributed by atoms with van der Waals surface area (Å²) in [7, 11) is 0. The molecule has 2 N–H and O–H groups in total. The fourth-order valence-electron chi connectivity index (χ4n) is 2.73. The number of carboxylic acids is 1. The highest BCUT2D eigenvalue weighted by Crippen LogP contribution is 2.25. The molecule has 1 saturated heterocycles. The average molecular weight is 321 g/mol. The highest BCUT2D eigenvalue weighted by atomic mass is 16.5. The lowest BCUT2D eigenvalue weighted by molar-refractivity contribution is -0.139. The largest absolute Gasteiger partial charge is 0.481 e. The number of nitrogens with one attached hydrogen (secondary N) is 1. The molecule has 0 aliphatic carbocycles. The fourth-order valence-corrected chi connectivity index (χ4v) is 2.73. The van der Waals surface area contributed by atoms with E-state index in [2.05, 4.69) is 5.32 Å². The summed E-state index contributed by atoms with van der Waals surface area (Å²) in [5, 5.41) is 11.7. The third-order valence-corrected chi connectivity index (χ3v) is 3.95. The van der Waals surface area contributed by atoms with E-state index in [1.165, 1.54) is 0 Å². The van der Waals surface area contributed by atoms with E-state index in [0.717, 1.165) is 37.2 Å². The van der Waals surface area contributed by atoms with E-state index in [0.29, 0.717) is 23.8 Å². The molecule has 6 heteroatoms. The molecular formula is C17H23NO5. The first-order valence-electron chi connectivity index (χ1n) is 7.79. The first-order chi connectivity index (χ1) is 11.0. The minimum atomic E-state index is -1.03. The number of hydrogen-bond acceptors (Lipinski definition) is 4. The van der Waals surface area contributed by atoms with Crippen LogP contribution in [0.4, 0.5) is 0 Å². The number of ether oxygens (including phenoxy) is 2. The highest BCUT2D eigenvalue weighted by Gasteiger charge is 2.16. The average Bonchev–Trinajstić information content (AvgIpc) is 2.52. The van der Waals surface area contributed by atoms with Gasteiger partial charge in [-0.25, -0.2) is 4.79 Å². The zero-order chi connectivity index (χ0) is 16.8. The number of hydrogen-bond donors (Lipinski definition) is 2. The summed E-state index contributed by atoms with van der Waals surface area (Å²) in [5.41, 5.74) is 2.07. The maximum absolute atomic E-state index is 12.3. The van der Waals surface area contributed by atoms with Crippen molar-refractivity contribution in [2.45, 2.75) is 26.7 Å². The molecule has 6 nitrogen and oxygen atoms in total. The summed E-state index contributed by atoms with van der Waals surface area (Å²) in [6.45, 7) is 5.39. The van der Waals surface area contributed by atoms with Crippen LogP contribution in [-0.4, -0.2) is 43.3 Å². The lowest BCUT2D eigenvalue weighted by Gasteiger charge is -2.22. The van der Waals surface area contributed by atoms with Crippen LogP contribution in [0.3, 0.4) is 0 Å². The molecule has 0 radical (unpaired) electrons. The molecule has 0 bridgehead atoms. The molecule has 23 heavy (non-hydrogen) atoms. The zero-order valence-electron chi connectivity index (χ0n) is 13.6. The van der Waals surface area contributed by atoms with Crippen molar-refractivity contribution >= 4 is 11.9 Å². The van der Waals surface area contributed by atoms with Gasteiger partial charge in [0.25, 0.3) is 5.91 Å². The Labute approximate surface area is 135 Å². The van der Waals surface area contributed by atoms with Gasteiger partial charge in [-0.05, 0) is 55.9 Å². The van der Waals surface area contributed by atoms with Crippen LogP contribution in [0.25, 0.3) is 0 Å². The summed E-state index contributed by atoms with van der Waals surface area (Å²) in [5.74, 6) is -0.156. The Morgan fingerprint density at radius 2 is 1.87 bits per heavy atom. The molecule has 0 unspecified atom stereocenters. The normalized spacial score (nSPS) is 15.2. The quantitative estimate of drug-likeness (QED) is 0.836. The molecule has 1 heterocycles. The summed E-state index contributed by atoms with van der Waals surface area (Å²) in [6, 6.07) is 3.45. The summed E-state index contributed by atoms with van der Waals surface area (Å²) >= 11 is 0. The van der Waals surface area contributed by atoms with Crippen LogP contribution in [0.15, 0.2) is 12.1 Å². The Morgan fingerprint density at radius 1 is 1.26 bits per heavy atom. The van der Waals surface area contributed by atoms with Gasteiger partial charge in [0.2, 0.25) is 0 Å². The second-order valence-electron chi connectivity index (χ2n) is 5.89. The number of carbonyl (C=O) groups is 2. The first kappa shape index (κ1) is 17.3. The molecule has 0 spiro atoms. The number of amides is 1. The molecule has 1 aromatic carbocycles. The van der Waals surface area contributed by atoms with Crippen molar-refractivity contribution in [2.75, 3.05) is 26.4 Å². The zero-order valence-corrected chi connectivity index (χ0v) is 13.6. The van der Waals surface area contributed by atoms with Crippen LogP contribution in [-0.2, 0) is 9.53 Å². The number of carboxylic acid groups (broad SMARTS) is 1. The third-order valence-electron chi connectivity index (χ3n) is 3.95. The highest BCUT2D eigenvalue weighted by molar-refractivity contribution is 5.94. The lowest BCUT2D eigenvalue weighted by Crippen LogP contribution is -2.32. The standard InChI is InChI=1S/C17H23NO5/c1-11-7-14(8-12(2)16(11)23-10-15(19)20)17(21)18-9-13-3-5-22-6-4-13/h7-8,13H,3-6,9-10H2,1-2H3,(H,18,21)(H,19,20). The van der Waals surface area contributed by atoms with Crippen LogP contribution >= 0.6 is 0 Å². The summed E-state index contributed by atoms with van der Waals surface area (Å²) in [4.78, 5) is 22.9. The Balaban J connectivity index is 1.98. The predicted molar refractivity (Wildman–Crippen MR) is 84.9 cm³/mol. The van der Waals surface area contributed by atoms with Crippen molar-refractivity contribution in [3.05, 3.63) is 28.8 Å². The molecule has 2 rings (SSSR count). The molecule has 1 aliphatic rings. The molecule has 1 amide bonds. The number of aryl methyl sites for hydroxylation is 2. The van der Waals surface area contributed by atoms with Gasteiger partial charge < -0.3 is 19.9 Å². The van der Waals surface area contributed by atoms with Gasteiger partial charge >= 0.3 is 5.97 Å². The van der Waals surface area contributed by atoms with Gasteiger partial charge in [-0.2, -0.15) is 0 Å². The monoisotopic (exact) mass is 321 g/mol. The topological polar surface area (TPSA) is 84.9 Å². The van der Waals surface area contributed by atoms with Gasteiger partial charge in [0.1, 0.15) is 5.75 Å². The van der Waals surface area contributed by atoms with Crippen molar-refractivity contribution in [2.24, 2.45) is 5.92 Å². The van der Waals surface area contributed by atoms with E-state index in [9.17, 15) is 9.59 Å².